The molecule has 1 aromatic carbocycles. The predicted molar refractivity (Wildman–Crippen MR) is 68.6 cm³/mol. The minimum absolute atomic E-state index is 0.00513. The Kier molecular flexibility index (Phi) is 2.86. The van der Waals surface area contributed by atoms with Gasteiger partial charge in [0.2, 0.25) is 5.91 Å². The van der Waals surface area contributed by atoms with Crippen molar-refractivity contribution in [2.45, 2.75) is 39.5 Å². The molecule has 2 rings (SSSR count). The van der Waals surface area contributed by atoms with Crippen molar-refractivity contribution < 1.29 is 9.53 Å². The summed E-state index contributed by atoms with van der Waals surface area (Å²) < 4.78 is 5.75. The molecule has 92 valence electrons. The first-order valence-corrected chi connectivity index (χ1v) is 5.96. The minimum Gasteiger partial charge on any atom is -0.491 e. The average molecular weight is 233 g/mol. The molecular weight excluding hydrogens is 214 g/mol. The van der Waals surface area contributed by atoms with E-state index >= 15 is 0 Å². The van der Waals surface area contributed by atoms with Crippen LogP contribution < -0.4 is 10.1 Å². The van der Waals surface area contributed by atoms with Gasteiger partial charge in [-0.3, -0.25) is 4.79 Å². The van der Waals surface area contributed by atoms with E-state index in [1.807, 2.05) is 13.0 Å². The van der Waals surface area contributed by atoms with Crippen molar-refractivity contribution in [1.82, 2.24) is 0 Å². The number of amides is 1. The van der Waals surface area contributed by atoms with Gasteiger partial charge >= 0.3 is 0 Å². The first-order valence-electron chi connectivity index (χ1n) is 5.96. The maximum absolute atomic E-state index is 11.5. The molecule has 1 aromatic rings. The van der Waals surface area contributed by atoms with Crippen molar-refractivity contribution in [2.75, 3.05) is 11.9 Å². The molecule has 0 spiro atoms. The number of hydrogen-bond donors (Lipinski definition) is 1. The topological polar surface area (TPSA) is 38.3 Å². The van der Waals surface area contributed by atoms with E-state index in [4.69, 9.17) is 4.74 Å². The number of benzene rings is 1. The lowest BCUT2D eigenvalue weighted by molar-refractivity contribution is -0.116. The van der Waals surface area contributed by atoms with Gasteiger partial charge in [-0.2, -0.15) is 0 Å². The Morgan fingerprint density at radius 3 is 2.65 bits per heavy atom. The molecule has 1 aliphatic rings. The lowest BCUT2D eigenvalue weighted by Gasteiger charge is -2.24. The maximum Gasteiger partial charge on any atom is 0.227 e. The number of rotatable bonds is 0. The van der Waals surface area contributed by atoms with Crippen molar-refractivity contribution >= 4 is 11.6 Å². The van der Waals surface area contributed by atoms with Gasteiger partial charge in [-0.25, -0.2) is 0 Å². The van der Waals surface area contributed by atoms with Crippen LogP contribution in [0.15, 0.2) is 12.1 Å². The highest BCUT2D eigenvalue weighted by Gasteiger charge is 2.24. The fraction of sp³-hybridized carbons (Fsp3) is 0.500. The fourth-order valence-corrected chi connectivity index (χ4v) is 2.04. The number of carbonyl (C=O) groups excluding carboxylic acids is 1. The Morgan fingerprint density at radius 2 is 2.00 bits per heavy atom. The summed E-state index contributed by atoms with van der Waals surface area (Å²) in [5.74, 6) is 0.850. The average Bonchev–Trinajstić information content (AvgIpc) is 2.35. The molecule has 1 amide bonds. The van der Waals surface area contributed by atoms with Crippen LogP contribution in [0.4, 0.5) is 5.69 Å². The quantitative estimate of drug-likeness (QED) is 0.748. The molecule has 0 aliphatic carbocycles. The van der Waals surface area contributed by atoms with Gasteiger partial charge < -0.3 is 10.1 Å². The third-order valence-corrected chi connectivity index (χ3v) is 2.89. The molecule has 0 atom stereocenters. The molecule has 1 heterocycles. The largest absolute Gasteiger partial charge is 0.491 e. The number of anilines is 1. The zero-order valence-corrected chi connectivity index (χ0v) is 10.9. The number of aryl methyl sites for hydroxylation is 1. The standard InChI is InChI=1S/C14H19NO2/c1-9-7-10(14(2,3)4)13-11(8-9)15-12(16)5-6-17-13/h7-8H,5-6H2,1-4H3,(H,15,16). The summed E-state index contributed by atoms with van der Waals surface area (Å²) in [6.45, 7) is 8.94. The molecule has 0 saturated carbocycles. The molecule has 0 saturated heterocycles. The van der Waals surface area contributed by atoms with Crippen LogP contribution in [-0.4, -0.2) is 12.5 Å². The van der Waals surface area contributed by atoms with E-state index in [-0.39, 0.29) is 11.3 Å². The molecule has 0 unspecified atom stereocenters. The Morgan fingerprint density at radius 1 is 1.29 bits per heavy atom. The van der Waals surface area contributed by atoms with Crippen molar-refractivity contribution in [3.8, 4) is 5.75 Å². The molecular formula is C14H19NO2. The predicted octanol–water partition coefficient (Wildman–Crippen LogP) is 3.01. The van der Waals surface area contributed by atoms with Gasteiger partial charge in [0.15, 0.2) is 0 Å². The van der Waals surface area contributed by atoms with Crippen molar-refractivity contribution in [2.24, 2.45) is 0 Å². The fourth-order valence-electron chi connectivity index (χ4n) is 2.04. The summed E-state index contributed by atoms with van der Waals surface area (Å²) in [7, 11) is 0. The maximum atomic E-state index is 11.5. The number of fused-ring (bicyclic) bond motifs is 1. The summed E-state index contributed by atoms with van der Waals surface area (Å²) in [5.41, 5.74) is 3.09. The first kappa shape index (κ1) is 12.0. The van der Waals surface area contributed by atoms with Gasteiger partial charge in [-0.15, -0.1) is 0 Å². The number of carbonyl (C=O) groups is 1. The zero-order chi connectivity index (χ0) is 12.6. The number of ether oxygens (including phenoxy) is 1. The number of nitrogens with one attached hydrogen (secondary N) is 1. The van der Waals surface area contributed by atoms with Crippen molar-refractivity contribution in [3.63, 3.8) is 0 Å². The highest BCUT2D eigenvalue weighted by atomic mass is 16.5. The Balaban J connectivity index is 2.58. The van der Waals surface area contributed by atoms with E-state index in [1.54, 1.807) is 0 Å². The summed E-state index contributed by atoms with van der Waals surface area (Å²) >= 11 is 0. The summed E-state index contributed by atoms with van der Waals surface area (Å²) in [5, 5.41) is 2.91. The van der Waals surface area contributed by atoms with Gasteiger partial charge in [0.1, 0.15) is 5.75 Å². The van der Waals surface area contributed by atoms with Gasteiger partial charge in [-0.1, -0.05) is 26.8 Å². The van der Waals surface area contributed by atoms with Crippen LogP contribution in [0.3, 0.4) is 0 Å². The van der Waals surface area contributed by atoms with Crippen LogP contribution in [0.25, 0.3) is 0 Å². The van der Waals surface area contributed by atoms with Crippen LogP contribution in [-0.2, 0) is 10.2 Å². The second kappa shape index (κ2) is 4.06. The Labute approximate surface area is 102 Å². The lowest BCUT2D eigenvalue weighted by Crippen LogP contribution is -2.14. The normalized spacial score (nSPS) is 15.6. The highest BCUT2D eigenvalue weighted by Crippen LogP contribution is 2.39. The van der Waals surface area contributed by atoms with Crippen LogP contribution in [0.1, 0.15) is 38.3 Å². The molecule has 3 nitrogen and oxygen atoms in total. The van der Waals surface area contributed by atoms with E-state index in [9.17, 15) is 4.79 Å². The van der Waals surface area contributed by atoms with Gasteiger partial charge in [0.25, 0.3) is 0 Å². The summed E-state index contributed by atoms with van der Waals surface area (Å²) in [4.78, 5) is 11.5. The van der Waals surface area contributed by atoms with Gasteiger partial charge in [0.05, 0.1) is 18.7 Å². The molecule has 3 heteroatoms. The first-order chi connectivity index (χ1) is 7.88. The van der Waals surface area contributed by atoms with Crippen LogP contribution >= 0.6 is 0 Å². The van der Waals surface area contributed by atoms with Crippen LogP contribution in [0, 0.1) is 6.92 Å². The zero-order valence-electron chi connectivity index (χ0n) is 10.9. The molecule has 0 bridgehead atoms. The minimum atomic E-state index is 0.00513. The molecule has 1 N–H and O–H groups in total. The Bertz CT molecular complexity index is 458. The van der Waals surface area contributed by atoms with Crippen molar-refractivity contribution in [1.29, 1.82) is 0 Å². The smallest absolute Gasteiger partial charge is 0.227 e. The van der Waals surface area contributed by atoms with E-state index in [2.05, 4.69) is 32.2 Å². The second-order valence-corrected chi connectivity index (χ2v) is 5.59. The third-order valence-electron chi connectivity index (χ3n) is 2.89. The van der Waals surface area contributed by atoms with Crippen LogP contribution in [0.5, 0.6) is 5.75 Å². The van der Waals surface area contributed by atoms with Gasteiger partial charge in [-0.05, 0) is 24.0 Å². The highest BCUT2D eigenvalue weighted by molar-refractivity contribution is 5.93. The van der Waals surface area contributed by atoms with Crippen molar-refractivity contribution in [3.05, 3.63) is 23.3 Å². The molecule has 0 radical (unpaired) electrons. The van der Waals surface area contributed by atoms with E-state index < -0.39 is 0 Å². The summed E-state index contributed by atoms with van der Waals surface area (Å²) in [6, 6.07) is 4.10. The van der Waals surface area contributed by atoms with E-state index in [0.29, 0.717) is 13.0 Å². The van der Waals surface area contributed by atoms with E-state index in [0.717, 1.165) is 22.6 Å². The molecule has 0 fully saturated rings. The molecule has 17 heavy (non-hydrogen) atoms. The lowest BCUT2D eigenvalue weighted by atomic mass is 9.85. The van der Waals surface area contributed by atoms with Crippen LogP contribution in [0.2, 0.25) is 0 Å². The summed E-state index contributed by atoms with van der Waals surface area (Å²) in [6.07, 6.45) is 0.414. The molecule has 1 aliphatic heterocycles. The SMILES string of the molecule is Cc1cc2c(c(C(C)(C)C)c1)OCCC(=O)N2. The monoisotopic (exact) mass is 233 g/mol. The number of hydrogen-bond acceptors (Lipinski definition) is 2. The second-order valence-electron chi connectivity index (χ2n) is 5.59. The third kappa shape index (κ3) is 2.43. The van der Waals surface area contributed by atoms with Gasteiger partial charge in [0, 0.05) is 5.56 Å². The Hall–Kier alpha value is -1.51. The van der Waals surface area contributed by atoms with E-state index in [1.165, 1.54) is 0 Å². The molecule has 0 aromatic heterocycles.